The molecular formula is C34H38F8O2. The molecule has 0 heterocycles. The Morgan fingerprint density at radius 3 is 1.86 bits per heavy atom. The van der Waals surface area contributed by atoms with Crippen LogP contribution in [0.2, 0.25) is 0 Å². The Morgan fingerprint density at radius 2 is 1.32 bits per heavy atom. The van der Waals surface area contributed by atoms with Crippen molar-refractivity contribution in [2.45, 2.75) is 89.3 Å². The van der Waals surface area contributed by atoms with Crippen molar-refractivity contribution in [3.05, 3.63) is 83.2 Å². The van der Waals surface area contributed by atoms with Crippen molar-refractivity contribution in [3.63, 3.8) is 0 Å². The third-order valence-electron chi connectivity index (χ3n) is 8.65. The molecular weight excluding hydrogens is 592 g/mol. The van der Waals surface area contributed by atoms with Gasteiger partial charge in [0.25, 0.3) is 0 Å². The van der Waals surface area contributed by atoms with E-state index in [4.69, 9.17) is 4.74 Å². The lowest BCUT2D eigenvalue weighted by molar-refractivity contribution is -0.223. The molecule has 10 heteroatoms. The number of hydrogen-bond acceptors (Lipinski definition) is 2. The summed E-state index contributed by atoms with van der Waals surface area (Å²) in [6.45, 7) is 2.30. The maximum atomic E-state index is 14.9. The average Bonchev–Trinajstić information content (AvgIpc) is 2.96. The molecule has 0 aromatic heterocycles. The smallest absolute Gasteiger partial charge is 0.419 e. The highest BCUT2D eigenvalue weighted by Gasteiger charge is 2.44. The first-order valence-electron chi connectivity index (χ1n) is 15.2. The summed E-state index contributed by atoms with van der Waals surface area (Å²) < 4.78 is 121. The summed E-state index contributed by atoms with van der Waals surface area (Å²) in [4.78, 5) is 0. The number of ether oxygens (including phenoxy) is 2. The minimum absolute atomic E-state index is 0.0868. The first-order chi connectivity index (χ1) is 20.9. The molecule has 2 fully saturated rings. The molecule has 2 nitrogen and oxygen atoms in total. The summed E-state index contributed by atoms with van der Waals surface area (Å²) in [5, 5.41) is 0. The Hall–Kier alpha value is -3.04. The quantitative estimate of drug-likeness (QED) is 0.140. The van der Waals surface area contributed by atoms with Gasteiger partial charge < -0.3 is 9.47 Å². The lowest BCUT2D eigenvalue weighted by Crippen LogP contribution is -2.37. The predicted molar refractivity (Wildman–Crippen MR) is 152 cm³/mol. The summed E-state index contributed by atoms with van der Waals surface area (Å²) >= 11 is 0. The van der Waals surface area contributed by atoms with Crippen LogP contribution >= 0.6 is 0 Å². The first kappa shape index (κ1) is 33.8. The van der Waals surface area contributed by atoms with Gasteiger partial charge in [-0.05, 0) is 101 Å². The molecule has 0 amide bonds. The maximum Gasteiger partial charge on any atom is 0.419 e. The van der Waals surface area contributed by atoms with Crippen LogP contribution < -0.4 is 9.47 Å². The third kappa shape index (κ3) is 9.00. The predicted octanol–water partition coefficient (Wildman–Crippen LogP) is 11.2. The topological polar surface area (TPSA) is 18.5 Å². The molecule has 0 radical (unpaired) electrons. The molecule has 0 aliphatic heterocycles. The molecule has 2 aromatic carbocycles. The van der Waals surface area contributed by atoms with E-state index in [1.165, 1.54) is 12.1 Å². The van der Waals surface area contributed by atoms with Crippen molar-refractivity contribution < 1.29 is 44.6 Å². The average molecular weight is 631 g/mol. The molecule has 0 atom stereocenters. The number of allylic oxidation sites excluding steroid dienone is 4. The Labute approximate surface area is 253 Å². The van der Waals surface area contributed by atoms with E-state index in [0.717, 1.165) is 25.7 Å². The van der Waals surface area contributed by atoms with Gasteiger partial charge in [0.05, 0.1) is 18.1 Å². The largest absolute Gasteiger partial charge is 0.493 e. The molecule has 2 saturated carbocycles. The van der Waals surface area contributed by atoms with Gasteiger partial charge in [-0.3, -0.25) is 0 Å². The van der Waals surface area contributed by atoms with Crippen LogP contribution in [0.5, 0.6) is 11.5 Å². The fourth-order valence-corrected chi connectivity index (χ4v) is 6.18. The monoisotopic (exact) mass is 630 g/mol. The second-order valence-electron chi connectivity index (χ2n) is 11.8. The van der Waals surface area contributed by atoms with Crippen molar-refractivity contribution >= 4 is 0 Å². The van der Waals surface area contributed by atoms with Gasteiger partial charge in [-0.15, -0.1) is 0 Å². The Kier molecular flexibility index (Phi) is 11.4. The van der Waals surface area contributed by atoms with Gasteiger partial charge in [0.15, 0.2) is 0 Å². The highest BCUT2D eigenvalue weighted by atomic mass is 19.4. The molecule has 2 aliphatic rings. The van der Waals surface area contributed by atoms with Gasteiger partial charge in [-0.25, -0.2) is 13.2 Å². The van der Waals surface area contributed by atoms with E-state index in [9.17, 15) is 35.1 Å². The number of hydrogen-bond donors (Lipinski definition) is 0. The summed E-state index contributed by atoms with van der Waals surface area (Å²) in [5.74, 6) is -4.36. The lowest BCUT2D eigenvalue weighted by Gasteiger charge is -2.33. The van der Waals surface area contributed by atoms with Crippen molar-refractivity contribution in [2.75, 3.05) is 6.61 Å². The van der Waals surface area contributed by atoms with Crippen LogP contribution in [0, 0.1) is 35.2 Å². The molecule has 0 bridgehead atoms. The van der Waals surface area contributed by atoms with E-state index in [1.807, 2.05) is 25.2 Å². The number of halogens is 8. The lowest BCUT2D eigenvalue weighted by atomic mass is 9.77. The highest BCUT2D eigenvalue weighted by Crippen LogP contribution is 2.43. The summed E-state index contributed by atoms with van der Waals surface area (Å²) in [6, 6.07) is 3.94. The maximum absolute atomic E-state index is 14.9. The van der Waals surface area contributed by atoms with Crippen LogP contribution in [0.3, 0.4) is 0 Å². The van der Waals surface area contributed by atoms with E-state index in [0.29, 0.717) is 50.5 Å². The second-order valence-corrected chi connectivity index (χ2v) is 11.8. The molecule has 2 aliphatic carbocycles. The van der Waals surface area contributed by atoms with E-state index in [1.54, 1.807) is 0 Å². The van der Waals surface area contributed by atoms with Crippen molar-refractivity contribution in [1.82, 2.24) is 0 Å². The van der Waals surface area contributed by atoms with Gasteiger partial charge in [-0.1, -0.05) is 24.3 Å². The highest BCUT2D eigenvalue weighted by molar-refractivity contribution is 5.33. The van der Waals surface area contributed by atoms with Crippen LogP contribution in [-0.4, -0.2) is 12.7 Å². The zero-order chi connectivity index (χ0) is 31.9. The molecule has 0 spiro atoms. The zero-order valence-corrected chi connectivity index (χ0v) is 24.6. The van der Waals surface area contributed by atoms with E-state index in [2.05, 4.69) is 10.8 Å². The molecule has 0 unspecified atom stereocenters. The van der Waals surface area contributed by atoms with Crippen LogP contribution in [0.25, 0.3) is 0 Å². The standard InChI is InChI=1S/C34H38F8O2/c1-2-3-4-5-18-43-27-20-30(36)32(31(37)21-27)24-12-8-22(9-13-24)6-7-23-10-14-25(15-11-23)34(41,42)44-26-16-17-28(29(35)19-26)33(38,39)40/h2-3,6-7,16-17,19-25H,4-5,8-15,18H2,1H3/b3-2+,7-6+. The minimum Gasteiger partial charge on any atom is -0.493 e. The van der Waals surface area contributed by atoms with Crippen LogP contribution in [0.15, 0.2) is 54.6 Å². The van der Waals surface area contributed by atoms with Crippen LogP contribution in [0.1, 0.15) is 88.2 Å². The van der Waals surface area contributed by atoms with Gasteiger partial charge in [0.2, 0.25) is 0 Å². The van der Waals surface area contributed by atoms with Gasteiger partial charge in [-0.2, -0.15) is 22.0 Å². The summed E-state index contributed by atoms with van der Waals surface area (Å²) in [7, 11) is 0. The molecule has 44 heavy (non-hydrogen) atoms. The second kappa shape index (κ2) is 14.8. The van der Waals surface area contributed by atoms with Crippen LogP contribution in [0.4, 0.5) is 35.1 Å². The number of alkyl halides is 5. The molecule has 2 aromatic rings. The van der Waals surface area contributed by atoms with E-state index < -0.39 is 47.0 Å². The van der Waals surface area contributed by atoms with Crippen LogP contribution in [-0.2, 0) is 6.18 Å². The normalized spacial score (nSPS) is 23.4. The molecule has 0 saturated heterocycles. The Balaban J connectivity index is 1.23. The fraction of sp³-hybridized carbons (Fsp3) is 0.529. The number of benzene rings is 2. The first-order valence-corrected chi connectivity index (χ1v) is 15.2. The Bertz CT molecular complexity index is 1260. The third-order valence-corrected chi connectivity index (χ3v) is 8.65. The van der Waals surface area contributed by atoms with Crippen molar-refractivity contribution in [2.24, 2.45) is 17.8 Å². The molecule has 4 rings (SSSR count). The fourth-order valence-electron chi connectivity index (χ4n) is 6.18. The zero-order valence-electron chi connectivity index (χ0n) is 24.6. The van der Waals surface area contributed by atoms with Gasteiger partial charge in [0, 0.05) is 23.8 Å². The molecule has 242 valence electrons. The SMILES string of the molecule is C/C=C/CCCOc1cc(F)c(C2CCC(/C=C/C3CCC(C(F)(F)Oc4ccc(C(F)(F)F)c(F)c4)CC3)CC2)c(F)c1. The van der Waals surface area contributed by atoms with Crippen molar-refractivity contribution in [3.8, 4) is 11.5 Å². The number of rotatable bonds is 11. The number of unbranched alkanes of at least 4 members (excludes halogenated alkanes) is 1. The Morgan fingerprint density at radius 1 is 0.750 bits per heavy atom. The van der Waals surface area contributed by atoms with E-state index >= 15 is 0 Å². The molecule has 0 N–H and O–H groups in total. The minimum atomic E-state index is -4.93. The van der Waals surface area contributed by atoms with Gasteiger partial charge in [0.1, 0.15) is 29.0 Å². The van der Waals surface area contributed by atoms with E-state index in [-0.39, 0.29) is 41.9 Å². The summed E-state index contributed by atoms with van der Waals surface area (Å²) in [6.07, 6.45) is 5.10. The summed E-state index contributed by atoms with van der Waals surface area (Å²) in [5.41, 5.74) is -1.44. The van der Waals surface area contributed by atoms with Gasteiger partial charge >= 0.3 is 12.3 Å². The van der Waals surface area contributed by atoms with Crippen molar-refractivity contribution in [1.29, 1.82) is 0 Å².